The van der Waals surface area contributed by atoms with Gasteiger partial charge in [0.25, 0.3) is 0 Å². The van der Waals surface area contributed by atoms with Crippen LogP contribution in [0.15, 0.2) is 35.2 Å². The first-order chi connectivity index (χ1) is 14.8. The van der Waals surface area contributed by atoms with Crippen molar-refractivity contribution in [1.29, 1.82) is 0 Å². The number of aliphatic carboxylic acids is 1. The molecule has 1 atom stereocenters. The minimum Gasteiger partial charge on any atom is -0.480 e. The average molecular weight is 455 g/mol. The van der Waals surface area contributed by atoms with Crippen molar-refractivity contribution < 1.29 is 27.9 Å². The van der Waals surface area contributed by atoms with Crippen molar-refractivity contribution in [2.24, 2.45) is 5.92 Å². The fourth-order valence-electron chi connectivity index (χ4n) is 3.24. The van der Waals surface area contributed by atoms with Gasteiger partial charge in [0.05, 0.1) is 4.90 Å². The molecule has 1 heterocycles. The standard InChI is InChI=1S/C20H30N4O6S/c25-18(22-13-10-15-8-11-21-12-9-15)6-7-19(26)23-14-17(20(27)28)24-31(29,30)16-4-2-1-3-5-16/h1-5,15,17,21,24H,6-14H2,(H,22,25)(H,23,26)(H,27,28)/t17-/m0/s1. The van der Waals surface area contributed by atoms with Crippen LogP contribution in [0.2, 0.25) is 0 Å². The molecule has 0 unspecified atom stereocenters. The van der Waals surface area contributed by atoms with Gasteiger partial charge in [-0.25, -0.2) is 8.42 Å². The zero-order valence-corrected chi connectivity index (χ0v) is 18.1. The maximum Gasteiger partial charge on any atom is 0.323 e. The van der Waals surface area contributed by atoms with E-state index in [-0.39, 0.29) is 23.6 Å². The zero-order chi connectivity index (χ0) is 22.7. The van der Waals surface area contributed by atoms with Crippen LogP contribution in [0.3, 0.4) is 0 Å². The number of carbonyl (C=O) groups excluding carboxylic acids is 2. The third-order valence-electron chi connectivity index (χ3n) is 5.06. The lowest BCUT2D eigenvalue weighted by atomic mass is 9.95. The fourth-order valence-corrected chi connectivity index (χ4v) is 4.45. The van der Waals surface area contributed by atoms with Crippen LogP contribution in [0.25, 0.3) is 0 Å². The molecule has 1 aromatic carbocycles. The maximum absolute atomic E-state index is 12.3. The molecule has 0 saturated carbocycles. The van der Waals surface area contributed by atoms with Crippen molar-refractivity contribution in [3.05, 3.63) is 30.3 Å². The summed E-state index contributed by atoms with van der Waals surface area (Å²) in [6.07, 6.45) is 2.96. The second kappa shape index (κ2) is 12.4. The van der Waals surface area contributed by atoms with Crippen LogP contribution in [0.5, 0.6) is 0 Å². The number of rotatable bonds is 12. The van der Waals surface area contributed by atoms with Crippen molar-refractivity contribution in [3.8, 4) is 0 Å². The number of amides is 2. The van der Waals surface area contributed by atoms with Gasteiger partial charge in [-0.05, 0) is 50.4 Å². The van der Waals surface area contributed by atoms with Gasteiger partial charge >= 0.3 is 5.97 Å². The Morgan fingerprint density at radius 3 is 2.26 bits per heavy atom. The summed E-state index contributed by atoms with van der Waals surface area (Å²) in [6, 6.07) is 5.81. The number of hydrogen-bond acceptors (Lipinski definition) is 6. The second-order valence-corrected chi connectivity index (χ2v) is 9.18. The molecule has 172 valence electrons. The summed E-state index contributed by atoms with van der Waals surface area (Å²) in [6.45, 7) is 2.13. The van der Waals surface area contributed by atoms with E-state index in [4.69, 9.17) is 0 Å². The van der Waals surface area contributed by atoms with Gasteiger partial charge < -0.3 is 21.1 Å². The van der Waals surface area contributed by atoms with E-state index in [0.29, 0.717) is 12.5 Å². The Morgan fingerprint density at radius 2 is 1.65 bits per heavy atom. The van der Waals surface area contributed by atoms with Crippen molar-refractivity contribution in [1.82, 2.24) is 20.7 Å². The summed E-state index contributed by atoms with van der Waals surface area (Å²) in [5.41, 5.74) is 0. The third-order valence-corrected chi connectivity index (χ3v) is 6.55. The Bertz CT molecular complexity index is 840. The molecule has 1 saturated heterocycles. The summed E-state index contributed by atoms with van der Waals surface area (Å²) in [5.74, 6) is -1.60. The normalized spacial score (nSPS) is 15.7. The van der Waals surface area contributed by atoms with Gasteiger partial charge in [-0.1, -0.05) is 18.2 Å². The topological polar surface area (TPSA) is 154 Å². The molecule has 1 fully saturated rings. The third kappa shape index (κ3) is 9.03. The number of carboxylic acid groups (broad SMARTS) is 1. The number of sulfonamides is 1. The number of benzene rings is 1. The van der Waals surface area contributed by atoms with Crippen LogP contribution < -0.4 is 20.7 Å². The van der Waals surface area contributed by atoms with Crippen LogP contribution in [0.1, 0.15) is 32.1 Å². The Kier molecular flexibility index (Phi) is 9.89. The summed E-state index contributed by atoms with van der Waals surface area (Å²) in [4.78, 5) is 35.2. The summed E-state index contributed by atoms with van der Waals surface area (Å²) in [5, 5.41) is 17.7. The first-order valence-corrected chi connectivity index (χ1v) is 11.8. The molecule has 0 bridgehead atoms. The van der Waals surface area contributed by atoms with E-state index in [1.54, 1.807) is 6.07 Å². The number of hydrogen-bond donors (Lipinski definition) is 5. The van der Waals surface area contributed by atoms with Gasteiger partial charge in [0.2, 0.25) is 21.8 Å². The number of carbonyl (C=O) groups is 3. The van der Waals surface area contributed by atoms with Crippen LogP contribution in [0, 0.1) is 5.92 Å². The maximum atomic E-state index is 12.3. The number of nitrogens with one attached hydrogen (secondary N) is 4. The second-order valence-electron chi connectivity index (χ2n) is 7.46. The molecule has 0 spiro atoms. The SMILES string of the molecule is O=C(CCC(=O)NC[C@H](NS(=O)(=O)c1ccccc1)C(=O)O)NCCC1CCNCC1. The van der Waals surface area contributed by atoms with Crippen LogP contribution in [0.4, 0.5) is 0 Å². The molecule has 2 rings (SSSR count). The van der Waals surface area contributed by atoms with Gasteiger partial charge in [-0.15, -0.1) is 0 Å². The van der Waals surface area contributed by atoms with Gasteiger partial charge in [-0.3, -0.25) is 14.4 Å². The Hall–Kier alpha value is -2.50. The molecule has 31 heavy (non-hydrogen) atoms. The summed E-state index contributed by atoms with van der Waals surface area (Å²) >= 11 is 0. The molecule has 10 nitrogen and oxygen atoms in total. The summed E-state index contributed by atoms with van der Waals surface area (Å²) < 4.78 is 26.6. The van der Waals surface area contributed by atoms with Crippen LogP contribution >= 0.6 is 0 Å². The highest BCUT2D eigenvalue weighted by Gasteiger charge is 2.25. The zero-order valence-electron chi connectivity index (χ0n) is 17.3. The molecule has 0 radical (unpaired) electrons. The number of piperidine rings is 1. The highest BCUT2D eigenvalue weighted by atomic mass is 32.2. The molecule has 2 amide bonds. The first-order valence-electron chi connectivity index (χ1n) is 10.3. The van der Waals surface area contributed by atoms with E-state index in [1.807, 2.05) is 0 Å². The van der Waals surface area contributed by atoms with E-state index in [0.717, 1.165) is 32.4 Å². The van der Waals surface area contributed by atoms with E-state index < -0.39 is 34.5 Å². The Morgan fingerprint density at radius 1 is 1.03 bits per heavy atom. The minimum absolute atomic E-state index is 0.0223. The van der Waals surface area contributed by atoms with Crippen molar-refractivity contribution in [3.63, 3.8) is 0 Å². The highest BCUT2D eigenvalue weighted by Crippen LogP contribution is 2.14. The molecular weight excluding hydrogens is 424 g/mol. The molecular formula is C20H30N4O6S. The Balaban J connectivity index is 1.70. The van der Waals surface area contributed by atoms with E-state index in [1.165, 1.54) is 24.3 Å². The quantitative estimate of drug-likeness (QED) is 0.294. The Labute approximate surface area is 182 Å². The van der Waals surface area contributed by atoms with Gasteiger partial charge in [-0.2, -0.15) is 4.72 Å². The molecule has 0 aromatic heterocycles. The summed E-state index contributed by atoms with van der Waals surface area (Å²) in [7, 11) is -4.05. The molecule has 11 heteroatoms. The largest absolute Gasteiger partial charge is 0.480 e. The van der Waals surface area contributed by atoms with Gasteiger partial charge in [0.1, 0.15) is 6.04 Å². The smallest absolute Gasteiger partial charge is 0.323 e. The molecule has 1 aliphatic rings. The van der Waals surface area contributed by atoms with Crippen molar-refractivity contribution in [2.45, 2.75) is 43.0 Å². The molecule has 1 aromatic rings. The average Bonchev–Trinajstić information content (AvgIpc) is 2.76. The molecule has 5 N–H and O–H groups in total. The van der Waals surface area contributed by atoms with E-state index in [2.05, 4.69) is 20.7 Å². The number of carboxylic acids is 1. The lowest BCUT2D eigenvalue weighted by molar-refractivity contribution is -0.139. The fraction of sp³-hybridized carbons (Fsp3) is 0.550. The lowest BCUT2D eigenvalue weighted by Gasteiger charge is -2.22. The van der Waals surface area contributed by atoms with E-state index >= 15 is 0 Å². The van der Waals surface area contributed by atoms with Crippen molar-refractivity contribution >= 4 is 27.8 Å². The van der Waals surface area contributed by atoms with Crippen molar-refractivity contribution in [2.75, 3.05) is 26.2 Å². The molecule has 1 aliphatic heterocycles. The highest BCUT2D eigenvalue weighted by molar-refractivity contribution is 7.89. The molecule has 0 aliphatic carbocycles. The van der Waals surface area contributed by atoms with Crippen LogP contribution in [-0.4, -0.2) is 63.5 Å². The minimum atomic E-state index is -4.05. The van der Waals surface area contributed by atoms with Gasteiger partial charge in [0, 0.05) is 25.9 Å². The van der Waals surface area contributed by atoms with Gasteiger partial charge in [0.15, 0.2) is 0 Å². The van der Waals surface area contributed by atoms with Crippen LogP contribution in [-0.2, 0) is 24.4 Å². The predicted molar refractivity (Wildman–Crippen MR) is 114 cm³/mol. The predicted octanol–water partition coefficient (Wildman–Crippen LogP) is -0.180. The lowest BCUT2D eigenvalue weighted by Crippen LogP contribution is -2.48. The first kappa shape index (κ1) is 24.8. The monoisotopic (exact) mass is 454 g/mol. The van der Waals surface area contributed by atoms with E-state index in [9.17, 15) is 27.9 Å².